The second-order valence-electron chi connectivity index (χ2n) is 5.16. The average molecular weight is 250 g/mol. The molecule has 0 amide bonds. The van der Waals surface area contributed by atoms with Crippen molar-refractivity contribution in [3.8, 4) is 0 Å². The van der Waals surface area contributed by atoms with Crippen LogP contribution >= 0.6 is 0 Å². The van der Waals surface area contributed by atoms with Crippen LogP contribution in [0.5, 0.6) is 0 Å². The van der Waals surface area contributed by atoms with Crippen LogP contribution in [-0.2, 0) is 6.42 Å². The third-order valence-corrected chi connectivity index (χ3v) is 3.91. The highest BCUT2D eigenvalue weighted by Gasteiger charge is 2.12. The van der Waals surface area contributed by atoms with Gasteiger partial charge in [0.15, 0.2) is 11.6 Å². The number of rotatable bonds is 4. The molecule has 98 valence electrons. The molecule has 18 heavy (non-hydrogen) atoms. The Morgan fingerprint density at radius 3 is 2.61 bits per heavy atom. The van der Waals surface area contributed by atoms with Crippen LogP contribution < -0.4 is 0 Å². The first-order valence-corrected chi connectivity index (χ1v) is 6.81. The van der Waals surface area contributed by atoms with Gasteiger partial charge in [0.05, 0.1) is 0 Å². The van der Waals surface area contributed by atoms with Gasteiger partial charge in [-0.05, 0) is 55.7 Å². The fourth-order valence-electron chi connectivity index (χ4n) is 2.54. The molecule has 0 saturated carbocycles. The second kappa shape index (κ2) is 6.12. The Kier molecular flexibility index (Phi) is 4.51. The maximum absolute atomic E-state index is 13.1. The Bertz CT molecular complexity index is 435. The van der Waals surface area contributed by atoms with Crippen molar-refractivity contribution in [3.05, 3.63) is 47.0 Å². The molecule has 0 saturated heterocycles. The smallest absolute Gasteiger partial charge is 0.159 e. The summed E-state index contributed by atoms with van der Waals surface area (Å²) in [5.74, 6) is -0.658. The van der Waals surface area contributed by atoms with E-state index in [0.717, 1.165) is 24.3 Å². The monoisotopic (exact) mass is 250 g/mol. The first-order chi connectivity index (χ1) is 8.69. The largest absolute Gasteiger partial charge is 0.204 e. The maximum atomic E-state index is 13.1. The molecule has 1 atom stereocenters. The lowest BCUT2D eigenvalue weighted by Crippen LogP contribution is -2.05. The van der Waals surface area contributed by atoms with E-state index in [1.807, 2.05) is 0 Å². The fourth-order valence-corrected chi connectivity index (χ4v) is 2.54. The highest BCUT2D eigenvalue weighted by Crippen LogP contribution is 2.28. The molecule has 2 rings (SSSR count). The van der Waals surface area contributed by atoms with Gasteiger partial charge >= 0.3 is 0 Å². The second-order valence-corrected chi connectivity index (χ2v) is 5.16. The first-order valence-electron chi connectivity index (χ1n) is 6.81. The molecule has 1 aliphatic carbocycles. The van der Waals surface area contributed by atoms with Gasteiger partial charge in [0.25, 0.3) is 0 Å². The van der Waals surface area contributed by atoms with E-state index in [2.05, 4.69) is 13.0 Å². The minimum atomic E-state index is -0.763. The van der Waals surface area contributed by atoms with Crippen molar-refractivity contribution in [2.24, 2.45) is 5.92 Å². The van der Waals surface area contributed by atoms with Gasteiger partial charge in [-0.25, -0.2) is 8.78 Å². The summed E-state index contributed by atoms with van der Waals surface area (Å²) in [6.45, 7) is 2.24. The molecule has 0 nitrogen and oxygen atoms in total. The van der Waals surface area contributed by atoms with Crippen molar-refractivity contribution in [1.29, 1.82) is 0 Å². The van der Waals surface area contributed by atoms with Gasteiger partial charge in [-0.3, -0.25) is 0 Å². The molecule has 2 heteroatoms. The van der Waals surface area contributed by atoms with Crippen LogP contribution in [0.25, 0.3) is 0 Å². The summed E-state index contributed by atoms with van der Waals surface area (Å²) in [6, 6.07) is 4.21. The van der Waals surface area contributed by atoms with E-state index in [-0.39, 0.29) is 0 Å². The van der Waals surface area contributed by atoms with Crippen molar-refractivity contribution in [1.82, 2.24) is 0 Å². The topological polar surface area (TPSA) is 0 Å². The molecule has 0 fully saturated rings. The van der Waals surface area contributed by atoms with Gasteiger partial charge in [-0.15, -0.1) is 0 Å². The molecular formula is C16H20F2. The molecule has 0 heterocycles. The predicted octanol–water partition coefficient (Wildman–Crippen LogP) is 5.03. The number of hydrogen-bond donors (Lipinski definition) is 0. The molecule has 1 aromatic rings. The molecular weight excluding hydrogens is 230 g/mol. The van der Waals surface area contributed by atoms with E-state index >= 15 is 0 Å². The number of halogens is 2. The molecule has 0 aliphatic heterocycles. The Balaban J connectivity index is 1.88. The van der Waals surface area contributed by atoms with Gasteiger partial charge in [0.1, 0.15) is 0 Å². The zero-order valence-electron chi connectivity index (χ0n) is 10.9. The van der Waals surface area contributed by atoms with Crippen molar-refractivity contribution in [2.75, 3.05) is 0 Å². The molecule has 1 aliphatic rings. The Morgan fingerprint density at radius 2 is 2.00 bits per heavy atom. The van der Waals surface area contributed by atoms with Crippen LogP contribution in [0.15, 0.2) is 29.8 Å². The Labute approximate surface area is 108 Å². The third kappa shape index (κ3) is 3.41. The van der Waals surface area contributed by atoms with E-state index in [4.69, 9.17) is 0 Å². The number of allylic oxidation sites excluding steroid dienone is 2. The Hall–Kier alpha value is -1.18. The maximum Gasteiger partial charge on any atom is 0.159 e. The molecule has 0 spiro atoms. The van der Waals surface area contributed by atoms with Crippen molar-refractivity contribution in [3.63, 3.8) is 0 Å². The van der Waals surface area contributed by atoms with Gasteiger partial charge in [-0.1, -0.05) is 31.1 Å². The van der Waals surface area contributed by atoms with Gasteiger partial charge in [0.2, 0.25) is 0 Å². The van der Waals surface area contributed by atoms with Crippen LogP contribution in [0.1, 0.15) is 44.6 Å². The van der Waals surface area contributed by atoms with E-state index in [1.165, 1.54) is 43.4 Å². The lowest BCUT2D eigenvalue weighted by atomic mass is 9.86. The van der Waals surface area contributed by atoms with Crippen molar-refractivity contribution < 1.29 is 8.78 Å². The zero-order valence-corrected chi connectivity index (χ0v) is 10.9. The summed E-state index contributed by atoms with van der Waals surface area (Å²) in [4.78, 5) is 0. The number of aryl methyl sites for hydroxylation is 1. The lowest BCUT2D eigenvalue weighted by Gasteiger charge is -2.20. The summed E-state index contributed by atoms with van der Waals surface area (Å²) in [5.41, 5.74) is 2.36. The van der Waals surface area contributed by atoms with Crippen molar-refractivity contribution >= 4 is 0 Å². The molecule has 1 aromatic carbocycles. The molecule has 0 N–H and O–H groups in total. The lowest BCUT2D eigenvalue weighted by molar-refractivity contribution is 0.450. The van der Waals surface area contributed by atoms with Crippen LogP contribution in [-0.4, -0.2) is 0 Å². The molecule has 1 unspecified atom stereocenters. The van der Waals surface area contributed by atoms with Gasteiger partial charge < -0.3 is 0 Å². The summed E-state index contributed by atoms with van der Waals surface area (Å²) in [6.07, 6.45) is 9.01. The van der Waals surface area contributed by atoms with Crippen LogP contribution in [0, 0.1) is 17.6 Å². The quantitative estimate of drug-likeness (QED) is 0.657. The average Bonchev–Trinajstić information content (AvgIpc) is 2.41. The first kappa shape index (κ1) is 13.3. The highest BCUT2D eigenvalue weighted by molar-refractivity contribution is 5.19. The number of benzene rings is 1. The number of hydrogen-bond acceptors (Lipinski definition) is 0. The SMILES string of the molecule is CCC1CC=C(CCc2ccc(F)c(F)c2)CC1. The zero-order chi connectivity index (χ0) is 13.0. The Morgan fingerprint density at radius 1 is 1.17 bits per heavy atom. The standard InChI is InChI=1S/C16H20F2/c1-2-12-3-5-13(6-4-12)7-8-14-9-10-15(17)16(18)11-14/h5,9-12H,2-4,6-8H2,1H3. The molecule has 0 aromatic heterocycles. The van der Waals surface area contributed by atoms with Gasteiger partial charge in [0, 0.05) is 0 Å². The van der Waals surface area contributed by atoms with E-state index < -0.39 is 11.6 Å². The minimum Gasteiger partial charge on any atom is -0.204 e. The summed E-state index contributed by atoms with van der Waals surface area (Å²) >= 11 is 0. The fraction of sp³-hybridized carbons (Fsp3) is 0.500. The van der Waals surface area contributed by atoms with Crippen molar-refractivity contribution in [2.45, 2.75) is 45.4 Å². The normalized spacial score (nSPS) is 19.7. The van der Waals surface area contributed by atoms with E-state index in [1.54, 1.807) is 6.07 Å². The predicted molar refractivity (Wildman–Crippen MR) is 70.4 cm³/mol. The van der Waals surface area contributed by atoms with Crippen LogP contribution in [0.2, 0.25) is 0 Å². The summed E-state index contributed by atoms with van der Waals surface area (Å²) in [5, 5.41) is 0. The molecule has 0 radical (unpaired) electrons. The molecule has 0 bridgehead atoms. The van der Waals surface area contributed by atoms with E-state index in [0.29, 0.717) is 0 Å². The van der Waals surface area contributed by atoms with Gasteiger partial charge in [-0.2, -0.15) is 0 Å². The third-order valence-electron chi connectivity index (χ3n) is 3.91. The van der Waals surface area contributed by atoms with Crippen LogP contribution in [0.3, 0.4) is 0 Å². The van der Waals surface area contributed by atoms with E-state index in [9.17, 15) is 8.78 Å². The highest BCUT2D eigenvalue weighted by atomic mass is 19.2. The van der Waals surface area contributed by atoms with Crippen LogP contribution in [0.4, 0.5) is 8.78 Å². The summed E-state index contributed by atoms with van der Waals surface area (Å²) in [7, 11) is 0. The minimum absolute atomic E-state index is 0.740. The summed E-state index contributed by atoms with van der Waals surface area (Å²) < 4.78 is 25.8.